The van der Waals surface area contributed by atoms with Crippen LogP contribution in [-0.4, -0.2) is 28.3 Å². The summed E-state index contributed by atoms with van der Waals surface area (Å²) >= 11 is 5.67. The highest BCUT2D eigenvalue weighted by Gasteiger charge is 2.22. The van der Waals surface area contributed by atoms with Gasteiger partial charge in [0.05, 0.1) is 13.0 Å². The predicted octanol–water partition coefficient (Wildman–Crippen LogP) is 3.33. The second-order valence-corrected chi connectivity index (χ2v) is 4.86. The second-order valence-electron chi connectivity index (χ2n) is 4.59. The third kappa shape index (κ3) is 2.29. The van der Waals surface area contributed by atoms with Crippen molar-refractivity contribution >= 4 is 23.0 Å². The van der Waals surface area contributed by atoms with Gasteiger partial charge in [0.25, 0.3) is 0 Å². The summed E-state index contributed by atoms with van der Waals surface area (Å²) < 4.78 is 12.3. The number of halogens is 1. The molecular formula is C15H13ClN2O3. The van der Waals surface area contributed by atoms with Gasteiger partial charge in [-0.05, 0) is 31.2 Å². The van der Waals surface area contributed by atoms with Crippen molar-refractivity contribution in [3.05, 3.63) is 41.8 Å². The first kappa shape index (κ1) is 13.7. The number of ether oxygens (including phenoxy) is 1. The van der Waals surface area contributed by atoms with Crippen LogP contribution in [0.3, 0.4) is 0 Å². The van der Waals surface area contributed by atoms with E-state index < -0.39 is 0 Å². The molecule has 0 fully saturated rings. The first-order valence-electron chi connectivity index (χ1n) is 6.37. The summed E-state index contributed by atoms with van der Waals surface area (Å²) in [5.74, 6) is 1.10. The van der Waals surface area contributed by atoms with Crippen LogP contribution in [0.4, 0.5) is 0 Å². The highest BCUT2D eigenvalue weighted by atomic mass is 35.5. The molecule has 0 bridgehead atoms. The van der Waals surface area contributed by atoms with Crippen LogP contribution >= 0.6 is 11.6 Å². The molecule has 3 rings (SSSR count). The number of fused-ring (bicyclic) bond motifs is 1. The van der Waals surface area contributed by atoms with Gasteiger partial charge in [0.1, 0.15) is 22.9 Å². The number of nitrogens with zero attached hydrogens (tertiary/aromatic N) is 2. The molecule has 0 unspecified atom stereocenters. The van der Waals surface area contributed by atoms with Gasteiger partial charge in [-0.25, -0.2) is 4.98 Å². The van der Waals surface area contributed by atoms with Gasteiger partial charge in [-0.3, -0.25) is 4.79 Å². The van der Waals surface area contributed by atoms with Crippen LogP contribution in [-0.2, 0) is 0 Å². The van der Waals surface area contributed by atoms with Gasteiger partial charge < -0.3 is 9.26 Å². The fraction of sp³-hybridized carbons (Fsp3) is 0.200. The SMILES string of the molecule is COc1ccc(-c2c(C(=O)CCl)nc3cc(C)on23)cc1. The molecule has 0 spiro atoms. The zero-order chi connectivity index (χ0) is 15.0. The van der Waals surface area contributed by atoms with Crippen molar-refractivity contribution in [3.63, 3.8) is 0 Å². The van der Waals surface area contributed by atoms with E-state index in [1.165, 1.54) is 0 Å². The van der Waals surface area contributed by atoms with Crippen molar-refractivity contribution < 1.29 is 14.1 Å². The first-order valence-corrected chi connectivity index (χ1v) is 6.90. The summed E-state index contributed by atoms with van der Waals surface area (Å²) in [5.41, 5.74) is 2.32. The lowest BCUT2D eigenvalue weighted by Crippen LogP contribution is -2.03. The van der Waals surface area contributed by atoms with E-state index in [2.05, 4.69) is 4.98 Å². The maximum Gasteiger partial charge on any atom is 0.198 e. The van der Waals surface area contributed by atoms with E-state index in [0.29, 0.717) is 17.0 Å². The van der Waals surface area contributed by atoms with Crippen molar-refractivity contribution in [1.82, 2.24) is 9.56 Å². The topological polar surface area (TPSA) is 56.7 Å². The zero-order valence-corrected chi connectivity index (χ0v) is 12.3. The fourth-order valence-corrected chi connectivity index (χ4v) is 2.35. The largest absolute Gasteiger partial charge is 0.497 e. The molecule has 0 aliphatic rings. The average Bonchev–Trinajstić information content (AvgIpc) is 3.02. The zero-order valence-electron chi connectivity index (χ0n) is 11.6. The third-order valence-corrected chi connectivity index (χ3v) is 3.42. The number of methoxy groups -OCH3 is 1. The minimum Gasteiger partial charge on any atom is -0.497 e. The van der Waals surface area contributed by atoms with Crippen molar-refractivity contribution in [2.24, 2.45) is 0 Å². The Kier molecular flexibility index (Phi) is 3.43. The number of hydrogen-bond acceptors (Lipinski definition) is 4. The molecule has 0 saturated carbocycles. The van der Waals surface area contributed by atoms with Gasteiger partial charge in [0.15, 0.2) is 11.4 Å². The average molecular weight is 305 g/mol. The smallest absolute Gasteiger partial charge is 0.198 e. The van der Waals surface area contributed by atoms with Crippen LogP contribution < -0.4 is 4.74 Å². The van der Waals surface area contributed by atoms with Crippen molar-refractivity contribution in [2.45, 2.75) is 6.92 Å². The second kappa shape index (κ2) is 5.26. The summed E-state index contributed by atoms with van der Waals surface area (Å²) in [5, 5.41) is 0. The van der Waals surface area contributed by atoms with Crippen LogP contribution in [0.2, 0.25) is 0 Å². The molecule has 0 aliphatic carbocycles. The summed E-state index contributed by atoms with van der Waals surface area (Å²) in [6, 6.07) is 9.12. The number of aryl methyl sites for hydroxylation is 1. The summed E-state index contributed by atoms with van der Waals surface area (Å²) in [7, 11) is 1.60. The Balaban J connectivity index is 2.23. The Morgan fingerprint density at radius 2 is 2.10 bits per heavy atom. The van der Waals surface area contributed by atoms with Crippen molar-refractivity contribution in [2.75, 3.05) is 13.0 Å². The van der Waals surface area contributed by atoms with E-state index in [1.807, 2.05) is 31.2 Å². The standard InChI is InChI=1S/C15H13ClN2O3/c1-9-7-13-17-14(12(19)8-16)15(18(13)21-9)10-3-5-11(20-2)6-4-10/h3-7H,8H2,1-2H3. The molecular weight excluding hydrogens is 292 g/mol. The van der Waals surface area contributed by atoms with E-state index in [9.17, 15) is 4.79 Å². The van der Waals surface area contributed by atoms with Crippen molar-refractivity contribution in [1.29, 1.82) is 0 Å². The summed E-state index contributed by atoms with van der Waals surface area (Å²) in [4.78, 5) is 16.3. The van der Waals surface area contributed by atoms with Crippen molar-refractivity contribution in [3.8, 4) is 17.0 Å². The fourth-order valence-electron chi connectivity index (χ4n) is 2.22. The van der Waals surface area contributed by atoms with Crippen LogP contribution in [0, 0.1) is 6.92 Å². The van der Waals surface area contributed by atoms with Crippen LogP contribution in [0.15, 0.2) is 34.9 Å². The number of carbonyl (C=O) groups excluding carboxylic acids is 1. The lowest BCUT2D eigenvalue weighted by molar-refractivity contribution is 0.101. The number of imidazole rings is 1. The van der Waals surface area contributed by atoms with Gasteiger partial charge in [-0.15, -0.1) is 11.6 Å². The van der Waals surface area contributed by atoms with Crippen LogP contribution in [0.25, 0.3) is 16.9 Å². The molecule has 21 heavy (non-hydrogen) atoms. The monoisotopic (exact) mass is 304 g/mol. The number of hydrogen-bond donors (Lipinski definition) is 0. The molecule has 2 heterocycles. The number of alkyl halides is 1. The van der Waals surface area contributed by atoms with E-state index in [1.54, 1.807) is 17.7 Å². The van der Waals surface area contributed by atoms with E-state index in [4.69, 9.17) is 20.9 Å². The normalized spacial score (nSPS) is 11.0. The molecule has 0 N–H and O–H groups in total. The Morgan fingerprint density at radius 3 is 2.71 bits per heavy atom. The number of ketones is 1. The quantitative estimate of drug-likeness (QED) is 0.548. The predicted molar refractivity (Wildman–Crippen MR) is 79.2 cm³/mol. The molecule has 0 amide bonds. The number of rotatable bonds is 4. The van der Waals surface area contributed by atoms with Gasteiger partial charge in [0, 0.05) is 11.6 Å². The first-order chi connectivity index (χ1) is 10.1. The highest BCUT2D eigenvalue weighted by Crippen LogP contribution is 2.28. The lowest BCUT2D eigenvalue weighted by atomic mass is 10.1. The molecule has 2 aromatic heterocycles. The highest BCUT2D eigenvalue weighted by molar-refractivity contribution is 6.30. The Bertz CT molecular complexity index is 802. The number of aromatic nitrogens is 2. The minimum atomic E-state index is -0.237. The molecule has 108 valence electrons. The third-order valence-electron chi connectivity index (χ3n) is 3.18. The van der Waals surface area contributed by atoms with Crippen LogP contribution in [0.1, 0.15) is 16.2 Å². The van der Waals surface area contributed by atoms with Gasteiger partial charge in [-0.2, -0.15) is 4.57 Å². The Labute approximate surface area is 126 Å². The number of carbonyl (C=O) groups is 1. The molecule has 0 atom stereocenters. The maximum absolute atomic E-state index is 12.0. The summed E-state index contributed by atoms with van der Waals surface area (Å²) in [6.45, 7) is 1.83. The Hall–Kier alpha value is -2.27. The molecule has 1 aromatic carbocycles. The van der Waals surface area contributed by atoms with Crippen LogP contribution in [0.5, 0.6) is 5.75 Å². The van der Waals surface area contributed by atoms with E-state index >= 15 is 0 Å². The molecule has 0 radical (unpaired) electrons. The van der Waals surface area contributed by atoms with Gasteiger partial charge in [-0.1, -0.05) is 0 Å². The number of Topliss-reactive ketones (excluding diaryl/α,β-unsaturated/α-hetero) is 1. The molecule has 5 nitrogen and oxygen atoms in total. The maximum atomic E-state index is 12.0. The Morgan fingerprint density at radius 1 is 1.38 bits per heavy atom. The lowest BCUT2D eigenvalue weighted by Gasteiger charge is -2.04. The molecule has 3 aromatic rings. The van der Waals surface area contributed by atoms with E-state index in [-0.39, 0.29) is 11.7 Å². The molecule has 0 aliphatic heterocycles. The van der Waals surface area contributed by atoms with Gasteiger partial charge >= 0.3 is 0 Å². The molecule has 0 saturated heterocycles. The minimum absolute atomic E-state index is 0.123. The molecule has 6 heteroatoms. The van der Waals surface area contributed by atoms with Gasteiger partial charge in [0.2, 0.25) is 0 Å². The van der Waals surface area contributed by atoms with E-state index in [0.717, 1.165) is 17.1 Å². The number of benzene rings is 1. The summed E-state index contributed by atoms with van der Waals surface area (Å²) in [6.07, 6.45) is 0.